The van der Waals surface area contributed by atoms with Crippen LogP contribution in [0.4, 0.5) is 5.69 Å². The number of hydrogen-bond donors (Lipinski definition) is 1. The van der Waals surface area contributed by atoms with Gasteiger partial charge in [0.1, 0.15) is 0 Å². The van der Waals surface area contributed by atoms with Gasteiger partial charge in [-0.3, -0.25) is 0 Å². The molecule has 0 spiro atoms. The summed E-state index contributed by atoms with van der Waals surface area (Å²) in [7, 11) is 0. The largest absolute Gasteiger partial charge is 0.380 e. The summed E-state index contributed by atoms with van der Waals surface area (Å²) in [5.41, 5.74) is 2.36. The quantitative estimate of drug-likeness (QED) is 0.743. The zero-order valence-electron chi connectivity index (χ0n) is 9.91. The highest BCUT2D eigenvalue weighted by Crippen LogP contribution is 2.26. The molecule has 0 saturated heterocycles. The summed E-state index contributed by atoms with van der Waals surface area (Å²) in [5, 5.41) is 4.18. The molecule has 1 N–H and O–H groups in total. The van der Waals surface area contributed by atoms with Crippen LogP contribution in [0.1, 0.15) is 5.56 Å². The molecule has 0 bridgehead atoms. The Bertz CT molecular complexity index is 545. The molecule has 0 atom stereocenters. The minimum Gasteiger partial charge on any atom is -0.380 e. The molecular formula is C14H13BrClNS. The van der Waals surface area contributed by atoms with E-state index in [1.54, 1.807) is 11.8 Å². The molecule has 0 aliphatic carbocycles. The average molecular weight is 343 g/mol. The number of rotatable bonds is 4. The van der Waals surface area contributed by atoms with Gasteiger partial charge in [0.05, 0.1) is 5.02 Å². The third kappa shape index (κ3) is 3.44. The second-order valence-corrected chi connectivity index (χ2v) is 5.91. The number of para-hydroxylation sites is 1. The Kier molecular flexibility index (Phi) is 4.98. The summed E-state index contributed by atoms with van der Waals surface area (Å²) < 4.78 is 0.932. The van der Waals surface area contributed by atoms with Crippen molar-refractivity contribution < 1.29 is 0 Å². The maximum absolute atomic E-state index is 5.97. The fourth-order valence-corrected chi connectivity index (χ4v) is 2.76. The van der Waals surface area contributed by atoms with E-state index in [-0.39, 0.29) is 0 Å². The van der Waals surface area contributed by atoms with E-state index < -0.39 is 0 Å². The SMILES string of the molecule is CSc1ccccc1NCc1ccc(Cl)c(Br)c1. The van der Waals surface area contributed by atoms with Crippen LogP contribution in [0, 0.1) is 0 Å². The molecule has 0 aliphatic rings. The summed E-state index contributed by atoms with van der Waals surface area (Å²) >= 11 is 11.2. The number of halogens is 2. The van der Waals surface area contributed by atoms with Crippen LogP contribution in [0.15, 0.2) is 51.8 Å². The lowest BCUT2D eigenvalue weighted by Crippen LogP contribution is -2.00. The second kappa shape index (κ2) is 6.50. The van der Waals surface area contributed by atoms with Crippen molar-refractivity contribution in [1.82, 2.24) is 0 Å². The Hall–Kier alpha value is -0.640. The summed E-state index contributed by atoms with van der Waals surface area (Å²) in [6, 6.07) is 14.3. The van der Waals surface area contributed by atoms with Gasteiger partial charge in [-0.05, 0) is 52.0 Å². The van der Waals surface area contributed by atoms with Gasteiger partial charge in [0, 0.05) is 21.6 Å². The van der Waals surface area contributed by atoms with Gasteiger partial charge in [-0.15, -0.1) is 11.8 Å². The smallest absolute Gasteiger partial charge is 0.0548 e. The molecule has 0 heterocycles. The zero-order chi connectivity index (χ0) is 13.0. The number of nitrogens with one attached hydrogen (secondary N) is 1. The molecule has 2 aromatic rings. The Morgan fingerprint density at radius 2 is 2.00 bits per heavy atom. The van der Waals surface area contributed by atoms with Crippen molar-refractivity contribution in [2.75, 3.05) is 11.6 Å². The zero-order valence-corrected chi connectivity index (χ0v) is 13.1. The van der Waals surface area contributed by atoms with Crippen LogP contribution in [-0.2, 0) is 6.54 Å². The monoisotopic (exact) mass is 341 g/mol. The van der Waals surface area contributed by atoms with Crippen LogP contribution in [-0.4, -0.2) is 6.26 Å². The van der Waals surface area contributed by atoms with Crippen LogP contribution in [0.5, 0.6) is 0 Å². The van der Waals surface area contributed by atoms with E-state index in [1.165, 1.54) is 10.5 Å². The maximum Gasteiger partial charge on any atom is 0.0548 e. The van der Waals surface area contributed by atoms with Crippen molar-refractivity contribution >= 4 is 45.0 Å². The van der Waals surface area contributed by atoms with E-state index in [2.05, 4.69) is 45.7 Å². The van der Waals surface area contributed by atoms with Crippen LogP contribution < -0.4 is 5.32 Å². The Morgan fingerprint density at radius 1 is 1.22 bits per heavy atom. The van der Waals surface area contributed by atoms with Gasteiger partial charge in [0.15, 0.2) is 0 Å². The normalized spacial score (nSPS) is 10.4. The third-order valence-electron chi connectivity index (χ3n) is 2.57. The summed E-state index contributed by atoms with van der Waals surface area (Å²) in [6.45, 7) is 0.785. The molecule has 2 rings (SSSR count). The van der Waals surface area contributed by atoms with E-state index >= 15 is 0 Å². The van der Waals surface area contributed by atoms with Gasteiger partial charge >= 0.3 is 0 Å². The lowest BCUT2D eigenvalue weighted by Gasteiger charge is -2.10. The standard InChI is InChI=1S/C14H13BrClNS/c1-18-14-5-3-2-4-13(14)17-9-10-6-7-12(16)11(15)8-10/h2-8,17H,9H2,1H3. The molecule has 0 radical (unpaired) electrons. The predicted molar refractivity (Wildman–Crippen MR) is 84.7 cm³/mol. The highest BCUT2D eigenvalue weighted by Gasteiger charge is 2.02. The predicted octanol–water partition coefficient (Wildman–Crippen LogP) is 5.44. The van der Waals surface area contributed by atoms with Gasteiger partial charge < -0.3 is 5.32 Å². The minimum absolute atomic E-state index is 0.739. The lowest BCUT2D eigenvalue weighted by atomic mass is 10.2. The molecule has 2 aromatic carbocycles. The van der Waals surface area contributed by atoms with E-state index in [0.29, 0.717) is 0 Å². The van der Waals surface area contributed by atoms with E-state index in [4.69, 9.17) is 11.6 Å². The topological polar surface area (TPSA) is 12.0 Å². The molecule has 18 heavy (non-hydrogen) atoms. The molecule has 0 aromatic heterocycles. The Balaban J connectivity index is 2.09. The summed E-state index contributed by atoms with van der Waals surface area (Å²) in [6.07, 6.45) is 2.08. The molecule has 4 heteroatoms. The Labute approximate surface area is 125 Å². The van der Waals surface area contributed by atoms with Crippen LogP contribution in [0.3, 0.4) is 0 Å². The molecule has 0 amide bonds. The van der Waals surface area contributed by atoms with Crippen molar-refractivity contribution in [2.45, 2.75) is 11.4 Å². The first kappa shape index (κ1) is 13.8. The van der Waals surface area contributed by atoms with Gasteiger partial charge in [-0.1, -0.05) is 29.8 Å². The third-order valence-corrected chi connectivity index (χ3v) is 4.58. The Morgan fingerprint density at radius 3 is 2.72 bits per heavy atom. The molecule has 94 valence electrons. The van der Waals surface area contributed by atoms with Gasteiger partial charge in [-0.2, -0.15) is 0 Å². The second-order valence-electron chi connectivity index (χ2n) is 3.80. The maximum atomic E-state index is 5.97. The van der Waals surface area contributed by atoms with E-state index in [9.17, 15) is 0 Å². The average Bonchev–Trinajstić information content (AvgIpc) is 2.40. The molecular weight excluding hydrogens is 330 g/mol. The molecule has 0 aliphatic heterocycles. The van der Waals surface area contributed by atoms with E-state index in [0.717, 1.165) is 21.7 Å². The first-order chi connectivity index (χ1) is 8.70. The fourth-order valence-electron chi connectivity index (χ4n) is 1.64. The lowest BCUT2D eigenvalue weighted by molar-refractivity contribution is 1.13. The van der Waals surface area contributed by atoms with Crippen molar-refractivity contribution in [2.24, 2.45) is 0 Å². The minimum atomic E-state index is 0.739. The van der Waals surface area contributed by atoms with Crippen molar-refractivity contribution in [3.8, 4) is 0 Å². The van der Waals surface area contributed by atoms with Gasteiger partial charge in [-0.25, -0.2) is 0 Å². The highest BCUT2D eigenvalue weighted by molar-refractivity contribution is 9.10. The van der Waals surface area contributed by atoms with Crippen LogP contribution >= 0.6 is 39.3 Å². The fraction of sp³-hybridized carbons (Fsp3) is 0.143. The van der Waals surface area contributed by atoms with Crippen molar-refractivity contribution in [1.29, 1.82) is 0 Å². The number of benzene rings is 2. The first-order valence-corrected chi connectivity index (χ1v) is 7.91. The molecule has 0 unspecified atom stereocenters. The van der Waals surface area contributed by atoms with Gasteiger partial charge in [0.25, 0.3) is 0 Å². The highest BCUT2D eigenvalue weighted by atomic mass is 79.9. The van der Waals surface area contributed by atoms with Crippen molar-refractivity contribution in [3.05, 3.63) is 57.5 Å². The molecule has 1 nitrogen and oxygen atoms in total. The van der Waals surface area contributed by atoms with Crippen LogP contribution in [0.2, 0.25) is 5.02 Å². The van der Waals surface area contributed by atoms with Crippen molar-refractivity contribution in [3.63, 3.8) is 0 Å². The number of anilines is 1. The van der Waals surface area contributed by atoms with E-state index in [1.807, 2.05) is 24.3 Å². The first-order valence-electron chi connectivity index (χ1n) is 5.51. The number of hydrogen-bond acceptors (Lipinski definition) is 2. The van der Waals surface area contributed by atoms with Crippen LogP contribution in [0.25, 0.3) is 0 Å². The number of thioether (sulfide) groups is 1. The molecule has 0 saturated carbocycles. The summed E-state index contributed by atoms with van der Waals surface area (Å²) in [5.74, 6) is 0. The summed E-state index contributed by atoms with van der Waals surface area (Å²) in [4.78, 5) is 1.26. The van der Waals surface area contributed by atoms with Gasteiger partial charge in [0.2, 0.25) is 0 Å². The molecule has 0 fully saturated rings.